The van der Waals surface area contributed by atoms with Crippen molar-refractivity contribution in [3.05, 3.63) is 27.4 Å². The molecule has 1 amide bonds. The van der Waals surface area contributed by atoms with Gasteiger partial charge in [0.2, 0.25) is 5.91 Å². The van der Waals surface area contributed by atoms with Crippen LogP contribution in [-0.2, 0) is 11.2 Å². The highest BCUT2D eigenvalue weighted by Gasteiger charge is 2.26. The summed E-state index contributed by atoms with van der Waals surface area (Å²) in [7, 11) is 0. The molecule has 1 aromatic rings. The number of carbonyl (C=O) groups excluding carboxylic acids is 1. The number of aliphatic hydroxyl groups excluding tert-OH is 1. The molecule has 2 N–H and O–H groups in total. The van der Waals surface area contributed by atoms with Crippen molar-refractivity contribution in [2.45, 2.75) is 52.0 Å². The standard InChI is InChI=1S/C15H23N3O3/c1-10-13(11(2)17-15(21)16-10)9-14(20)18(7-8-19)12-5-3-4-6-12/h12,19H,3-9H2,1-2H3,(H,16,17,21). The molecule has 21 heavy (non-hydrogen) atoms. The van der Waals surface area contributed by atoms with E-state index in [-0.39, 0.29) is 30.7 Å². The fourth-order valence-electron chi connectivity index (χ4n) is 3.10. The summed E-state index contributed by atoms with van der Waals surface area (Å²) in [5, 5.41) is 9.20. The third-order valence-corrected chi connectivity index (χ3v) is 4.21. The lowest BCUT2D eigenvalue weighted by Crippen LogP contribution is -2.42. The minimum Gasteiger partial charge on any atom is -0.395 e. The summed E-state index contributed by atoms with van der Waals surface area (Å²) >= 11 is 0. The van der Waals surface area contributed by atoms with Crippen LogP contribution in [-0.4, -0.2) is 45.1 Å². The Morgan fingerprint density at radius 3 is 2.62 bits per heavy atom. The van der Waals surface area contributed by atoms with Crippen molar-refractivity contribution in [3.63, 3.8) is 0 Å². The highest BCUT2D eigenvalue weighted by atomic mass is 16.3. The van der Waals surface area contributed by atoms with Gasteiger partial charge in [0.25, 0.3) is 0 Å². The van der Waals surface area contributed by atoms with E-state index in [0.717, 1.165) is 31.2 Å². The number of amides is 1. The van der Waals surface area contributed by atoms with E-state index >= 15 is 0 Å². The lowest BCUT2D eigenvalue weighted by atomic mass is 10.1. The normalized spacial score (nSPS) is 15.4. The molecule has 1 aliphatic rings. The monoisotopic (exact) mass is 293 g/mol. The minimum atomic E-state index is -0.385. The van der Waals surface area contributed by atoms with Crippen LogP contribution in [0.4, 0.5) is 0 Å². The van der Waals surface area contributed by atoms with Crippen molar-refractivity contribution in [2.75, 3.05) is 13.2 Å². The summed E-state index contributed by atoms with van der Waals surface area (Å²) in [4.78, 5) is 32.2. The molecule has 0 spiro atoms. The maximum Gasteiger partial charge on any atom is 0.345 e. The van der Waals surface area contributed by atoms with E-state index in [4.69, 9.17) is 0 Å². The number of aryl methyl sites for hydroxylation is 2. The third kappa shape index (κ3) is 3.69. The number of nitrogens with zero attached hydrogens (tertiary/aromatic N) is 2. The molecule has 6 heteroatoms. The van der Waals surface area contributed by atoms with Crippen molar-refractivity contribution in [1.29, 1.82) is 0 Å². The van der Waals surface area contributed by atoms with Crippen LogP contribution in [0.3, 0.4) is 0 Å². The van der Waals surface area contributed by atoms with Gasteiger partial charge in [-0.25, -0.2) is 4.79 Å². The topological polar surface area (TPSA) is 86.3 Å². The highest BCUT2D eigenvalue weighted by Crippen LogP contribution is 2.24. The van der Waals surface area contributed by atoms with Crippen molar-refractivity contribution < 1.29 is 9.90 Å². The summed E-state index contributed by atoms with van der Waals surface area (Å²) in [6.45, 7) is 3.88. The van der Waals surface area contributed by atoms with Crippen molar-refractivity contribution in [1.82, 2.24) is 14.9 Å². The smallest absolute Gasteiger partial charge is 0.345 e. The average Bonchev–Trinajstić information content (AvgIpc) is 2.93. The van der Waals surface area contributed by atoms with E-state index in [1.165, 1.54) is 0 Å². The molecule has 2 rings (SSSR count). The zero-order valence-corrected chi connectivity index (χ0v) is 12.7. The molecule has 1 fully saturated rings. The molecule has 0 aliphatic heterocycles. The van der Waals surface area contributed by atoms with Crippen molar-refractivity contribution in [2.24, 2.45) is 0 Å². The van der Waals surface area contributed by atoms with E-state index in [1.54, 1.807) is 18.7 Å². The van der Waals surface area contributed by atoms with Crippen molar-refractivity contribution >= 4 is 5.91 Å². The average molecular weight is 293 g/mol. The fourth-order valence-corrected chi connectivity index (χ4v) is 3.10. The number of hydrogen-bond acceptors (Lipinski definition) is 4. The Morgan fingerprint density at radius 1 is 1.38 bits per heavy atom. The maximum atomic E-state index is 12.6. The predicted octanol–water partition coefficient (Wildman–Crippen LogP) is 0.693. The van der Waals surface area contributed by atoms with Crippen LogP contribution < -0.4 is 5.69 Å². The molecular weight excluding hydrogens is 270 g/mol. The molecule has 0 radical (unpaired) electrons. The highest BCUT2D eigenvalue weighted by molar-refractivity contribution is 5.79. The quantitative estimate of drug-likeness (QED) is 0.836. The van der Waals surface area contributed by atoms with Crippen LogP contribution in [0.1, 0.15) is 42.6 Å². The van der Waals surface area contributed by atoms with E-state index < -0.39 is 0 Å². The second-order valence-electron chi connectivity index (χ2n) is 5.66. The largest absolute Gasteiger partial charge is 0.395 e. The van der Waals surface area contributed by atoms with Gasteiger partial charge >= 0.3 is 5.69 Å². The van der Waals surface area contributed by atoms with Crippen LogP contribution in [0.15, 0.2) is 4.79 Å². The summed E-state index contributed by atoms with van der Waals surface area (Å²) in [6, 6.07) is 0.237. The van der Waals surface area contributed by atoms with Gasteiger partial charge in [0.05, 0.1) is 13.0 Å². The SMILES string of the molecule is Cc1nc(=O)[nH]c(C)c1CC(=O)N(CCO)C1CCCC1. The number of hydrogen-bond donors (Lipinski definition) is 2. The molecular formula is C15H23N3O3. The Balaban J connectivity index is 2.16. The number of aliphatic hydroxyl groups is 1. The first kappa shape index (κ1) is 15.7. The summed E-state index contributed by atoms with van der Waals surface area (Å²) in [6.07, 6.45) is 4.51. The van der Waals surface area contributed by atoms with Gasteiger partial charge < -0.3 is 15.0 Å². The Hall–Kier alpha value is -1.69. The zero-order chi connectivity index (χ0) is 15.4. The van der Waals surface area contributed by atoms with Gasteiger partial charge in [-0.2, -0.15) is 4.98 Å². The molecule has 0 bridgehead atoms. The second-order valence-corrected chi connectivity index (χ2v) is 5.66. The van der Waals surface area contributed by atoms with E-state index in [1.807, 2.05) is 0 Å². The number of H-pyrrole nitrogens is 1. The van der Waals surface area contributed by atoms with Gasteiger partial charge in [0, 0.05) is 29.5 Å². The van der Waals surface area contributed by atoms with Crippen LogP contribution in [0.25, 0.3) is 0 Å². The lowest BCUT2D eigenvalue weighted by Gasteiger charge is -2.28. The number of rotatable bonds is 5. The molecule has 0 saturated heterocycles. The number of carbonyl (C=O) groups is 1. The fraction of sp³-hybridized carbons (Fsp3) is 0.667. The predicted molar refractivity (Wildman–Crippen MR) is 79.1 cm³/mol. The van der Waals surface area contributed by atoms with Crippen molar-refractivity contribution in [3.8, 4) is 0 Å². The van der Waals surface area contributed by atoms with Gasteiger partial charge in [-0.3, -0.25) is 4.79 Å². The van der Waals surface area contributed by atoms with Gasteiger partial charge in [-0.1, -0.05) is 12.8 Å². The first-order valence-corrected chi connectivity index (χ1v) is 7.49. The van der Waals surface area contributed by atoms with Crippen LogP contribution in [0, 0.1) is 13.8 Å². The number of aromatic nitrogens is 2. The Morgan fingerprint density at radius 2 is 2.05 bits per heavy atom. The molecule has 1 aliphatic carbocycles. The van der Waals surface area contributed by atoms with Gasteiger partial charge in [-0.15, -0.1) is 0 Å². The van der Waals surface area contributed by atoms with Crippen LogP contribution in [0.2, 0.25) is 0 Å². The molecule has 1 saturated carbocycles. The molecule has 6 nitrogen and oxygen atoms in total. The molecule has 1 heterocycles. The number of nitrogens with one attached hydrogen (secondary N) is 1. The molecule has 1 aromatic heterocycles. The zero-order valence-electron chi connectivity index (χ0n) is 12.7. The van der Waals surface area contributed by atoms with Crippen LogP contribution >= 0.6 is 0 Å². The van der Waals surface area contributed by atoms with Gasteiger partial charge in [-0.05, 0) is 26.7 Å². The molecule has 0 atom stereocenters. The van der Waals surface area contributed by atoms with E-state index in [9.17, 15) is 14.7 Å². The van der Waals surface area contributed by atoms with Gasteiger partial charge in [0.15, 0.2) is 0 Å². The molecule has 0 aromatic carbocycles. The van der Waals surface area contributed by atoms with Gasteiger partial charge in [0.1, 0.15) is 0 Å². The summed E-state index contributed by atoms with van der Waals surface area (Å²) < 4.78 is 0. The third-order valence-electron chi connectivity index (χ3n) is 4.21. The Kier molecular flexibility index (Phi) is 5.12. The summed E-state index contributed by atoms with van der Waals surface area (Å²) in [5.41, 5.74) is 1.68. The lowest BCUT2D eigenvalue weighted by molar-refractivity contribution is -0.133. The second kappa shape index (κ2) is 6.85. The first-order chi connectivity index (χ1) is 10.0. The Bertz CT molecular complexity index is 536. The van der Waals surface area contributed by atoms with Crippen LogP contribution in [0.5, 0.6) is 0 Å². The molecule has 0 unspecified atom stereocenters. The van der Waals surface area contributed by atoms with E-state index in [0.29, 0.717) is 17.9 Å². The number of aromatic amines is 1. The first-order valence-electron chi connectivity index (χ1n) is 7.49. The Labute approximate surface area is 124 Å². The van der Waals surface area contributed by atoms with E-state index in [2.05, 4.69) is 9.97 Å². The minimum absolute atomic E-state index is 0.00370. The molecule has 116 valence electrons. The summed E-state index contributed by atoms with van der Waals surface area (Å²) in [5.74, 6) is -0.00370. The maximum absolute atomic E-state index is 12.6.